The highest BCUT2D eigenvalue weighted by Gasteiger charge is 2.12. The lowest BCUT2D eigenvalue weighted by atomic mass is 10.1. The topological polar surface area (TPSA) is 100 Å². The molecule has 0 amide bonds. The van der Waals surface area contributed by atoms with Crippen LogP contribution in [0.1, 0.15) is 11.1 Å². The molecule has 0 saturated carbocycles. The standard InChI is InChI=1S/C21H26N6O2S/c1-22-21(23-13-14-26-30(28,29)20-10-3-2-4-11-20)24-16-18-8-5-6-9-19(18)17-27-15-7-12-25-27/h2-12,15,26H,13-14,16-17H2,1H3,(H2,22,23,24). The number of aromatic nitrogens is 2. The van der Waals surface area contributed by atoms with Gasteiger partial charge in [-0.15, -0.1) is 0 Å². The smallest absolute Gasteiger partial charge is 0.240 e. The second-order valence-corrected chi connectivity index (χ2v) is 8.30. The van der Waals surface area contributed by atoms with Gasteiger partial charge in [-0.3, -0.25) is 9.67 Å². The summed E-state index contributed by atoms with van der Waals surface area (Å²) < 4.78 is 28.9. The first kappa shape index (κ1) is 21.5. The van der Waals surface area contributed by atoms with E-state index < -0.39 is 10.0 Å². The molecule has 0 atom stereocenters. The summed E-state index contributed by atoms with van der Waals surface area (Å²) in [5.74, 6) is 0.600. The summed E-state index contributed by atoms with van der Waals surface area (Å²) in [6, 6.07) is 18.4. The van der Waals surface area contributed by atoms with E-state index in [4.69, 9.17) is 0 Å². The first-order chi connectivity index (χ1) is 14.6. The van der Waals surface area contributed by atoms with E-state index in [1.807, 2.05) is 29.1 Å². The molecule has 3 rings (SSSR count). The van der Waals surface area contributed by atoms with E-state index in [9.17, 15) is 8.42 Å². The molecule has 0 spiro atoms. The fourth-order valence-corrected chi connectivity index (χ4v) is 3.95. The van der Waals surface area contributed by atoms with Gasteiger partial charge in [0.15, 0.2) is 5.96 Å². The SMILES string of the molecule is CN=C(NCCNS(=O)(=O)c1ccccc1)NCc1ccccc1Cn1cccn1. The van der Waals surface area contributed by atoms with Crippen LogP contribution >= 0.6 is 0 Å². The Kier molecular flexibility index (Phi) is 7.58. The fraction of sp³-hybridized carbons (Fsp3) is 0.238. The van der Waals surface area contributed by atoms with Gasteiger partial charge in [0, 0.05) is 39.1 Å². The monoisotopic (exact) mass is 426 g/mol. The molecular weight excluding hydrogens is 400 g/mol. The summed E-state index contributed by atoms with van der Waals surface area (Å²) in [6.45, 7) is 1.93. The highest BCUT2D eigenvalue weighted by Crippen LogP contribution is 2.10. The first-order valence-electron chi connectivity index (χ1n) is 9.62. The summed E-state index contributed by atoms with van der Waals surface area (Å²) in [6.07, 6.45) is 3.69. The highest BCUT2D eigenvalue weighted by atomic mass is 32.2. The predicted octanol–water partition coefficient (Wildman–Crippen LogP) is 1.57. The van der Waals surface area contributed by atoms with Gasteiger partial charge in [0.1, 0.15) is 0 Å². The second-order valence-electron chi connectivity index (χ2n) is 6.54. The average molecular weight is 427 g/mol. The number of aliphatic imine (C=N–C) groups is 1. The highest BCUT2D eigenvalue weighted by molar-refractivity contribution is 7.89. The Labute approximate surface area is 177 Å². The lowest BCUT2D eigenvalue weighted by Crippen LogP contribution is -2.41. The minimum absolute atomic E-state index is 0.244. The number of sulfonamides is 1. The van der Waals surface area contributed by atoms with Gasteiger partial charge in [-0.25, -0.2) is 13.1 Å². The van der Waals surface area contributed by atoms with Crippen LogP contribution in [-0.2, 0) is 23.1 Å². The average Bonchev–Trinajstić information content (AvgIpc) is 3.28. The predicted molar refractivity (Wildman–Crippen MR) is 118 cm³/mol. The van der Waals surface area contributed by atoms with Crippen molar-refractivity contribution in [3.05, 3.63) is 84.2 Å². The molecule has 8 nitrogen and oxygen atoms in total. The van der Waals surface area contributed by atoms with Crippen LogP contribution in [0.4, 0.5) is 0 Å². The molecule has 0 bridgehead atoms. The number of nitrogens with one attached hydrogen (secondary N) is 3. The van der Waals surface area contributed by atoms with Gasteiger partial charge in [-0.05, 0) is 29.3 Å². The van der Waals surface area contributed by atoms with Crippen LogP contribution in [0, 0.1) is 0 Å². The number of rotatable bonds is 9. The van der Waals surface area contributed by atoms with Crippen molar-refractivity contribution in [3.8, 4) is 0 Å². The Balaban J connectivity index is 1.48. The van der Waals surface area contributed by atoms with Gasteiger partial charge >= 0.3 is 0 Å². The third-order valence-electron chi connectivity index (χ3n) is 4.44. The van der Waals surface area contributed by atoms with Gasteiger partial charge in [0.2, 0.25) is 10.0 Å². The van der Waals surface area contributed by atoms with E-state index in [0.29, 0.717) is 25.6 Å². The van der Waals surface area contributed by atoms with Crippen molar-refractivity contribution in [2.24, 2.45) is 4.99 Å². The zero-order chi connectivity index (χ0) is 21.2. The fourth-order valence-electron chi connectivity index (χ4n) is 2.90. The molecule has 1 aromatic heterocycles. The Hall–Kier alpha value is -3.17. The molecule has 0 fully saturated rings. The van der Waals surface area contributed by atoms with Crippen LogP contribution < -0.4 is 15.4 Å². The van der Waals surface area contributed by atoms with Crippen molar-refractivity contribution in [1.29, 1.82) is 0 Å². The van der Waals surface area contributed by atoms with E-state index >= 15 is 0 Å². The van der Waals surface area contributed by atoms with Gasteiger partial charge < -0.3 is 10.6 Å². The minimum atomic E-state index is -3.51. The molecule has 9 heteroatoms. The van der Waals surface area contributed by atoms with Crippen LogP contribution in [0.15, 0.2) is 82.9 Å². The molecule has 0 aliphatic heterocycles. The summed E-state index contributed by atoms with van der Waals surface area (Å²) in [7, 11) is -1.83. The maximum Gasteiger partial charge on any atom is 0.240 e. The number of benzene rings is 2. The summed E-state index contributed by atoms with van der Waals surface area (Å²) in [5, 5.41) is 10.6. The van der Waals surface area contributed by atoms with E-state index in [1.165, 1.54) is 5.56 Å². The molecule has 1 heterocycles. The van der Waals surface area contributed by atoms with Crippen LogP contribution in [-0.4, -0.2) is 44.3 Å². The molecular formula is C21H26N6O2S. The van der Waals surface area contributed by atoms with Crippen molar-refractivity contribution in [3.63, 3.8) is 0 Å². The molecule has 0 radical (unpaired) electrons. The number of nitrogens with zero attached hydrogens (tertiary/aromatic N) is 3. The zero-order valence-electron chi connectivity index (χ0n) is 16.8. The van der Waals surface area contributed by atoms with Crippen molar-refractivity contribution in [1.82, 2.24) is 25.1 Å². The van der Waals surface area contributed by atoms with Crippen molar-refractivity contribution < 1.29 is 8.42 Å². The molecule has 158 valence electrons. The van der Waals surface area contributed by atoms with Crippen LogP contribution in [0.2, 0.25) is 0 Å². The van der Waals surface area contributed by atoms with Gasteiger partial charge in [0.25, 0.3) is 0 Å². The quantitative estimate of drug-likeness (QED) is 0.274. The van der Waals surface area contributed by atoms with Crippen molar-refractivity contribution in [2.45, 2.75) is 18.0 Å². The minimum Gasteiger partial charge on any atom is -0.355 e. The number of guanidine groups is 1. The largest absolute Gasteiger partial charge is 0.355 e. The first-order valence-corrected chi connectivity index (χ1v) is 11.1. The lowest BCUT2D eigenvalue weighted by molar-refractivity contribution is 0.580. The molecule has 30 heavy (non-hydrogen) atoms. The summed E-state index contributed by atoms with van der Waals surface area (Å²) in [5.41, 5.74) is 2.31. The molecule has 0 aliphatic carbocycles. The van der Waals surface area contributed by atoms with Crippen LogP contribution in [0.25, 0.3) is 0 Å². The molecule has 3 aromatic rings. The maximum atomic E-state index is 12.2. The van der Waals surface area contributed by atoms with Crippen LogP contribution in [0.5, 0.6) is 0 Å². The van der Waals surface area contributed by atoms with Gasteiger partial charge in [-0.1, -0.05) is 42.5 Å². The Morgan fingerprint density at radius 1 is 0.967 bits per heavy atom. The van der Waals surface area contributed by atoms with Crippen molar-refractivity contribution >= 4 is 16.0 Å². The Bertz CT molecular complexity index is 1050. The maximum absolute atomic E-state index is 12.2. The Morgan fingerprint density at radius 2 is 1.70 bits per heavy atom. The van der Waals surface area contributed by atoms with Crippen molar-refractivity contribution in [2.75, 3.05) is 20.1 Å². The van der Waals surface area contributed by atoms with E-state index in [2.05, 4.69) is 37.6 Å². The molecule has 0 aliphatic rings. The number of hydrogen-bond donors (Lipinski definition) is 3. The third-order valence-corrected chi connectivity index (χ3v) is 5.92. The zero-order valence-corrected chi connectivity index (χ0v) is 17.6. The number of hydrogen-bond acceptors (Lipinski definition) is 4. The molecule has 3 N–H and O–H groups in total. The molecule has 0 unspecified atom stereocenters. The van der Waals surface area contributed by atoms with E-state index in [1.54, 1.807) is 43.6 Å². The summed E-state index contributed by atoms with van der Waals surface area (Å²) in [4.78, 5) is 4.45. The molecule has 2 aromatic carbocycles. The van der Waals surface area contributed by atoms with E-state index in [0.717, 1.165) is 5.56 Å². The second kappa shape index (κ2) is 10.6. The summed E-state index contributed by atoms with van der Waals surface area (Å²) >= 11 is 0. The van der Waals surface area contributed by atoms with Crippen LogP contribution in [0.3, 0.4) is 0 Å². The van der Waals surface area contributed by atoms with Gasteiger partial charge in [0.05, 0.1) is 11.4 Å². The lowest BCUT2D eigenvalue weighted by Gasteiger charge is -2.15. The Morgan fingerprint density at radius 3 is 2.40 bits per heavy atom. The van der Waals surface area contributed by atoms with Gasteiger partial charge in [-0.2, -0.15) is 5.10 Å². The normalized spacial score (nSPS) is 12.0. The molecule has 0 saturated heterocycles. The third kappa shape index (κ3) is 6.16. The van der Waals surface area contributed by atoms with E-state index in [-0.39, 0.29) is 11.4 Å².